The molecule has 0 amide bonds. The van der Waals surface area contributed by atoms with Crippen molar-refractivity contribution in [1.29, 1.82) is 0 Å². The van der Waals surface area contributed by atoms with E-state index < -0.39 is 0 Å². The Morgan fingerprint density at radius 1 is 0.913 bits per heavy atom. The molecule has 1 saturated heterocycles. The van der Waals surface area contributed by atoms with Crippen LogP contribution in [0.4, 0.5) is 17.1 Å². The molecule has 1 aliphatic heterocycles. The highest BCUT2D eigenvalue weighted by Gasteiger charge is 2.20. The highest BCUT2D eigenvalue weighted by molar-refractivity contribution is 5.62. The van der Waals surface area contributed by atoms with Crippen molar-refractivity contribution in [1.82, 2.24) is 0 Å². The Morgan fingerprint density at radius 2 is 1.52 bits per heavy atom. The number of nitrogen functional groups attached to an aromatic ring is 1. The van der Waals surface area contributed by atoms with E-state index in [2.05, 4.69) is 54.8 Å². The Labute approximate surface area is 139 Å². The molecule has 0 bridgehead atoms. The second-order valence-electron chi connectivity index (χ2n) is 6.51. The van der Waals surface area contributed by atoms with Crippen LogP contribution in [0.25, 0.3) is 0 Å². The molecule has 23 heavy (non-hydrogen) atoms. The molecular weight excluding hydrogens is 282 g/mol. The van der Waals surface area contributed by atoms with Gasteiger partial charge in [-0.1, -0.05) is 24.6 Å². The predicted molar refractivity (Wildman–Crippen MR) is 101 cm³/mol. The molecule has 0 saturated carbocycles. The molecule has 0 aromatic heterocycles. The summed E-state index contributed by atoms with van der Waals surface area (Å²) in [5.41, 5.74) is 13.6. The number of rotatable bonds is 3. The lowest BCUT2D eigenvalue weighted by molar-refractivity contribution is 0.650. The van der Waals surface area contributed by atoms with Crippen molar-refractivity contribution < 1.29 is 0 Å². The van der Waals surface area contributed by atoms with Crippen LogP contribution in [0, 0.1) is 13.8 Å². The Hall–Kier alpha value is -2.16. The zero-order valence-corrected chi connectivity index (χ0v) is 14.5. The van der Waals surface area contributed by atoms with Gasteiger partial charge in [0.1, 0.15) is 0 Å². The SMILES string of the molecule is CCc1cc(C)cc(C)c1N1CCN(c2ccc(N)cc2)CC1. The van der Waals surface area contributed by atoms with Crippen molar-refractivity contribution in [3.63, 3.8) is 0 Å². The van der Waals surface area contributed by atoms with Gasteiger partial charge in [0, 0.05) is 43.2 Å². The first-order valence-corrected chi connectivity index (χ1v) is 8.54. The molecule has 1 heterocycles. The zero-order valence-electron chi connectivity index (χ0n) is 14.5. The number of benzene rings is 2. The minimum Gasteiger partial charge on any atom is -0.399 e. The number of hydrogen-bond donors (Lipinski definition) is 1. The first-order chi connectivity index (χ1) is 11.1. The zero-order chi connectivity index (χ0) is 16.4. The summed E-state index contributed by atoms with van der Waals surface area (Å²) >= 11 is 0. The molecule has 0 spiro atoms. The van der Waals surface area contributed by atoms with E-state index in [1.165, 1.54) is 28.1 Å². The van der Waals surface area contributed by atoms with Crippen LogP contribution < -0.4 is 15.5 Å². The highest BCUT2D eigenvalue weighted by atomic mass is 15.3. The molecule has 1 fully saturated rings. The molecule has 0 radical (unpaired) electrons. The summed E-state index contributed by atoms with van der Waals surface area (Å²) in [6.45, 7) is 10.9. The van der Waals surface area contributed by atoms with Crippen molar-refractivity contribution >= 4 is 17.1 Å². The third kappa shape index (κ3) is 3.29. The summed E-state index contributed by atoms with van der Waals surface area (Å²) in [6, 6.07) is 12.9. The molecule has 2 N–H and O–H groups in total. The van der Waals surface area contributed by atoms with Crippen molar-refractivity contribution in [3.8, 4) is 0 Å². The topological polar surface area (TPSA) is 32.5 Å². The second-order valence-corrected chi connectivity index (χ2v) is 6.51. The smallest absolute Gasteiger partial charge is 0.0429 e. The Bertz CT molecular complexity index is 668. The molecule has 122 valence electrons. The number of nitrogens with zero attached hydrogens (tertiary/aromatic N) is 2. The van der Waals surface area contributed by atoms with Crippen LogP contribution in [-0.4, -0.2) is 26.2 Å². The quantitative estimate of drug-likeness (QED) is 0.876. The van der Waals surface area contributed by atoms with E-state index >= 15 is 0 Å². The van der Waals surface area contributed by atoms with Crippen LogP contribution in [0.3, 0.4) is 0 Å². The molecular formula is C20H27N3. The van der Waals surface area contributed by atoms with Gasteiger partial charge < -0.3 is 15.5 Å². The largest absolute Gasteiger partial charge is 0.399 e. The Kier molecular flexibility index (Phi) is 4.46. The van der Waals surface area contributed by atoms with Gasteiger partial charge in [-0.25, -0.2) is 0 Å². The Balaban J connectivity index is 1.75. The molecule has 1 aliphatic rings. The van der Waals surface area contributed by atoms with Gasteiger partial charge in [0.15, 0.2) is 0 Å². The molecule has 3 heteroatoms. The van der Waals surface area contributed by atoms with Crippen molar-refractivity contribution in [2.45, 2.75) is 27.2 Å². The van der Waals surface area contributed by atoms with E-state index in [-0.39, 0.29) is 0 Å². The molecule has 0 aliphatic carbocycles. The average molecular weight is 309 g/mol. The van der Waals surface area contributed by atoms with E-state index in [0.29, 0.717) is 0 Å². The number of anilines is 3. The second kappa shape index (κ2) is 6.53. The third-order valence-electron chi connectivity index (χ3n) is 4.76. The molecule has 3 nitrogen and oxygen atoms in total. The minimum absolute atomic E-state index is 0.829. The molecule has 0 atom stereocenters. The van der Waals surface area contributed by atoms with Gasteiger partial charge in [-0.2, -0.15) is 0 Å². The standard InChI is InChI=1S/C20H27N3/c1-4-17-14-15(2)13-16(3)20(17)23-11-9-22(10-12-23)19-7-5-18(21)6-8-19/h5-8,13-14H,4,9-12,21H2,1-3H3. The first kappa shape index (κ1) is 15.7. The lowest BCUT2D eigenvalue weighted by atomic mass is 10.0. The fraction of sp³-hybridized carbons (Fsp3) is 0.400. The molecule has 3 rings (SSSR count). The molecule has 0 unspecified atom stereocenters. The maximum Gasteiger partial charge on any atom is 0.0429 e. The van der Waals surface area contributed by atoms with Gasteiger partial charge in [-0.05, 0) is 55.7 Å². The van der Waals surface area contributed by atoms with Crippen molar-refractivity contribution in [2.24, 2.45) is 0 Å². The fourth-order valence-electron chi connectivity index (χ4n) is 3.64. The van der Waals surface area contributed by atoms with Gasteiger partial charge in [0.05, 0.1) is 0 Å². The van der Waals surface area contributed by atoms with Gasteiger partial charge in [-0.15, -0.1) is 0 Å². The summed E-state index contributed by atoms with van der Waals surface area (Å²) in [4.78, 5) is 5.01. The van der Waals surface area contributed by atoms with Crippen LogP contribution >= 0.6 is 0 Å². The van der Waals surface area contributed by atoms with Gasteiger partial charge >= 0.3 is 0 Å². The minimum atomic E-state index is 0.829. The van der Waals surface area contributed by atoms with E-state index in [1.54, 1.807) is 0 Å². The predicted octanol–water partition coefficient (Wildman–Crippen LogP) is 3.77. The summed E-state index contributed by atoms with van der Waals surface area (Å²) in [6.07, 6.45) is 1.09. The first-order valence-electron chi connectivity index (χ1n) is 8.54. The van der Waals surface area contributed by atoms with Crippen LogP contribution in [0.1, 0.15) is 23.6 Å². The highest BCUT2D eigenvalue weighted by Crippen LogP contribution is 2.29. The van der Waals surface area contributed by atoms with Crippen LogP contribution in [0.15, 0.2) is 36.4 Å². The van der Waals surface area contributed by atoms with E-state index in [0.717, 1.165) is 38.3 Å². The van der Waals surface area contributed by atoms with E-state index in [9.17, 15) is 0 Å². The average Bonchev–Trinajstić information content (AvgIpc) is 2.55. The lowest BCUT2D eigenvalue weighted by Crippen LogP contribution is -2.47. The number of hydrogen-bond acceptors (Lipinski definition) is 3. The number of piperazine rings is 1. The third-order valence-corrected chi connectivity index (χ3v) is 4.76. The van der Waals surface area contributed by atoms with E-state index in [1.807, 2.05) is 12.1 Å². The molecule has 2 aromatic carbocycles. The van der Waals surface area contributed by atoms with Crippen LogP contribution in [0.5, 0.6) is 0 Å². The monoisotopic (exact) mass is 309 g/mol. The summed E-state index contributed by atoms with van der Waals surface area (Å²) in [5.74, 6) is 0. The number of aryl methyl sites for hydroxylation is 3. The van der Waals surface area contributed by atoms with Crippen molar-refractivity contribution in [2.75, 3.05) is 41.7 Å². The molecule has 2 aromatic rings. The van der Waals surface area contributed by atoms with Gasteiger partial charge in [0.2, 0.25) is 0 Å². The van der Waals surface area contributed by atoms with Gasteiger partial charge in [0.25, 0.3) is 0 Å². The van der Waals surface area contributed by atoms with Crippen molar-refractivity contribution in [3.05, 3.63) is 53.1 Å². The lowest BCUT2D eigenvalue weighted by Gasteiger charge is -2.39. The van der Waals surface area contributed by atoms with Crippen LogP contribution in [-0.2, 0) is 6.42 Å². The Morgan fingerprint density at radius 3 is 2.13 bits per heavy atom. The normalized spacial score (nSPS) is 15.1. The summed E-state index contributed by atoms with van der Waals surface area (Å²) in [7, 11) is 0. The van der Waals surface area contributed by atoms with Gasteiger partial charge in [-0.3, -0.25) is 0 Å². The maximum absolute atomic E-state index is 5.79. The summed E-state index contributed by atoms with van der Waals surface area (Å²) in [5, 5.41) is 0. The number of nitrogens with two attached hydrogens (primary N) is 1. The fourth-order valence-corrected chi connectivity index (χ4v) is 3.64. The van der Waals surface area contributed by atoms with E-state index in [4.69, 9.17) is 5.73 Å². The van der Waals surface area contributed by atoms with Crippen LogP contribution in [0.2, 0.25) is 0 Å². The maximum atomic E-state index is 5.79. The summed E-state index contributed by atoms with van der Waals surface area (Å²) < 4.78 is 0.